The van der Waals surface area contributed by atoms with Gasteiger partial charge in [0.2, 0.25) is 0 Å². The molecular formula is C56H24Br8O6. The van der Waals surface area contributed by atoms with E-state index in [0.717, 1.165) is 0 Å². The minimum atomic E-state index is -0.643. The van der Waals surface area contributed by atoms with E-state index in [4.69, 9.17) is 0 Å². The van der Waals surface area contributed by atoms with Gasteiger partial charge in [-0.05, 0) is 214 Å². The Bertz CT molecular complexity index is 3560. The van der Waals surface area contributed by atoms with Crippen molar-refractivity contribution in [2.75, 3.05) is 0 Å². The Morgan fingerprint density at radius 2 is 0.386 bits per heavy atom. The monoisotopic (exact) mass is 1420 g/mol. The highest BCUT2D eigenvalue weighted by atomic mass is 79.9. The molecule has 0 bridgehead atoms. The normalized spacial score (nSPS) is 12.9. The first-order valence-corrected chi connectivity index (χ1v) is 27.4. The van der Waals surface area contributed by atoms with Crippen molar-refractivity contribution in [3.8, 4) is 0 Å². The predicted molar refractivity (Wildman–Crippen MR) is 309 cm³/mol. The van der Waals surface area contributed by atoms with Crippen LogP contribution in [0.25, 0.3) is 86.2 Å². The number of benzene rings is 12. The molecule has 6 nitrogen and oxygen atoms in total. The molecule has 0 saturated heterocycles. The van der Waals surface area contributed by atoms with E-state index in [2.05, 4.69) is 283 Å². The maximum absolute atomic E-state index is 11.4. The molecule has 0 unspecified atom stereocenters. The third-order valence-electron chi connectivity index (χ3n) is 12.5. The zero-order chi connectivity index (χ0) is 48.9. The quantitative estimate of drug-likeness (QED) is 0.0375. The second-order valence-electron chi connectivity index (χ2n) is 16.2. The van der Waals surface area contributed by atoms with Gasteiger partial charge in [0.25, 0.3) is 0 Å². The first-order valence-electron chi connectivity index (χ1n) is 21.1. The summed E-state index contributed by atoms with van der Waals surface area (Å²) in [6.45, 7) is 0. The van der Waals surface area contributed by atoms with Gasteiger partial charge in [-0.25, -0.2) is 19.2 Å². The van der Waals surface area contributed by atoms with Gasteiger partial charge in [-0.1, -0.05) is 146 Å². The Morgan fingerprint density at radius 3 is 0.543 bits per heavy atom. The summed E-state index contributed by atoms with van der Waals surface area (Å²) in [4.78, 5) is 45.5. The molecular weight excluding hydrogens is 1410 g/mol. The number of ether oxygens (including phenoxy) is 2. The van der Waals surface area contributed by atoms with Crippen molar-refractivity contribution in [1.82, 2.24) is 0 Å². The van der Waals surface area contributed by atoms with Crippen LogP contribution in [0.2, 0.25) is 0 Å². The van der Waals surface area contributed by atoms with Gasteiger partial charge in [0.05, 0.1) is 22.3 Å². The molecule has 0 aliphatic carbocycles. The van der Waals surface area contributed by atoms with Crippen LogP contribution in [0, 0.1) is 0 Å². The Kier molecular flexibility index (Phi) is 12.8. The first-order chi connectivity index (χ1) is 33.8. The Labute approximate surface area is 464 Å². The molecule has 2 aliphatic rings. The van der Waals surface area contributed by atoms with E-state index < -0.39 is 23.9 Å². The molecule has 0 radical (unpaired) electrons. The fourth-order valence-electron chi connectivity index (χ4n) is 9.56. The van der Waals surface area contributed by atoms with Crippen LogP contribution in [0.3, 0.4) is 0 Å². The lowest BCUT2D eigenvalue weighted by atomic mass is 9.90. The molecule has 0 fully saturated rings. The smallest absolute Gasteiger partial charge is 0.348 e. The van der Waals surface area contributed by atoms with Gasteiger partial charge >= 0.3 is 23.9 Å². The number of esters is 4. The number of cyclic esters (lactones) is 4. The predicted octanol–water partition coefficient (Wildman–Crippen LogP) is 19.6. The van der Waals surface area contributed by atoms with Crippen LogP contribution in [0.4, 0.5) is 0 Å². The third kappa shape index (κ3) is 7.66. The molecule has 2 aliphatic heterocycles. The van der Waals surface area contributed by atoms with Crippen molar-refractivity contribution in [3.63, 3.8) is 0 Å². The van der Waals surface area contributed by atoms with Crippen LogP contribution in [-0.4, -0.2) is 23.9 Å². The van der Waals surface area contributed by atoms with Crippen molar-refractivity contribution >= 4 is 237 Å². The molecule has 2 heterocycles. The van der Waals surface area contributed by atoms with Crippen molar-refractivity contribution in [3.05, 3.63) is 204 Å². The van der Waals surface area contributed by atoms with Crippen LogP contribution in [0.5, 0.6) is 0 Å². The highest BCUT2D eigenvalue weighted by Gasteiger charge is 2.38. The average molecular weight is 1430 g/mol. The number of hydrogen-bond donors (Lipinski definition) is 0. The average Bonchev–Trinajstić information content (AvgIpc) is 3.86. The fraction of sp³-hybridized carbons (Fsp3) is 0. The van der Waals surface area contributed by atoms with Crippen molar-refractivity contribution in [1.29, 1.82) is 0 Å². The van der Waals surface area contributed by atoms with Crippen molar-refractivity contribution in [2.24, 2.45) is 0 Å². The largest absolute Gasteiger partial charge is 0.386 e. The molecule has 0 N–H and O–H groups in total. The van der Waals surface area contributed by atoms with E-state index in [0.29, 0.717) is 35.8 Å². The molecule has 0 atom stereocenters. The van der Waals surface area contributed by atoms with E-state index in [1.165, 1.54) is 86.2 Å². The standard InChI is InChI=1S/2C20H12.2C8Br4O3/c2*1-5-13-6-2-11-17-18-12-4-8-14-7-3-10-16(20(14)18)15(9-1)19(13)17;2*9-3-1-2(8(14)15-7(1)13)4(10)6(12)5(3)11/h2*1-12H;;. The minimum Gasteiger partial charge on any atom is -0.386 e. The van der Waals surface area contributed by atoms with Crippen molar-refractivity contribution in [2.45, 2.75) is 0 Å². The lowest BCUT2D eigenvalue weighted by molar-refractivity contribution is 0.0425. The molecule has 0 amide bonds. The summed E-state index contributed by atoms with van der Waals surface area (Å²) in [5, 5.41) is 21.8. The second-order valence-corrected chi connectivity index (χ2v) is 22.5. The summed E-state index contributed by atoms with van der Waals surface area (Å²) in [5.74, 6) is -2.57. The number of rotatable bonds is 0. The molecule has 14 rings (SSSR count). The molecule has 0 spiro atoms. The molecule has 12 aromatic carbocycles. The van der Waals surface area contributed by atoms with Gasteiger partial charge in [-0.3, -0.25) is 0 Å². The van der Waals surface area contributed by atoms with E-state index in [1.807, 2.05) is 0 Å². The van der Waals surface area contributed by atoms with Crippen LogP contribution < -0.4 is 0 Å². The summed E-state index contributed by atoms with van der Waals surface area (Å²) >= 11 is 26.1. The Morgan fingerprint density at radius 1 is 0.229 bits per heavy atom. The summed E-state index contributed by atoms with van der Waals surface area (Å²) in [6.07, 6.45) is 0. The number of carbonyl (C=O) groups is 4. The number of fused-ring (bicyclic) bond motifs is 6. The first kappa shape index (κ1) is 47.7. The van der Waals surface area contributed by atoms with E-state index in [-0.39, 0.29) is 22.3 Å². The summed E-state index contributed by atoms with van der Waals surface area (Å²) in [7, 11) is 0. The van der Waals surface area contributed by atoms with E-state index in [1.54, 1.807) is 0 Å². The van der Waals surface area contributed by atoms with Crippen LogP contribution in [0.15, 0.2) is 181 Å². The SMILES string of the molecule is O=C1OC(=O)c2c(Br)c(Br)c(Br)c(Br)c21.O=C1OC(=O)c2c(Br)c(Br)c(Br)c(Br)c21.c1cc2cccc3c4cccc5cccc(c(c1)c23)c54.c1cc2cccc3c4cccc5cccc(c(c1)c23)c54. The summed E-state index contributed by atoms with van der Waals surface area (Å²) < 4.78 is 13.7. The van der Waals surface area contributed by atoms with E-state index >= 15 is 0 Å². The van der Waals surface area contributed by atoms with Gasteiger partial charge < -0.3 is 9.47 Å². The zero-order valence-corrected chi connectivity index (χ0v) is 48.0. The summed E-state index contributed by atoms with van der Waals surface area (Å²) in [5.41, 5.74) is 0.952. The fourth-order valence-corrected chi connectivity index (χ4v) is 14.4. The van der Waals surface area contributed by atoms with Gasteiger partial charge in [0, 0.05) is 35.8 Å². The number of halogens is 8. The lowest BCUT2D eigenvalue weighted by Gasteiger charge is -2.13. The molecule has 12 aromatic rings. The zero-order valence-electron chi connectivity index (χ0n) is 35.3. The van der Waals surface area contributed by atoms with Gasteiger partial charge in [-0.15, -0.1) is 0 Å². The Balaban J connectivity index is 0.000000103. The number of carbonyl (C=O) groups excluding carboxylic acids is 4. The topological polar surface area (TPSA) is 86.7 Å². The highest BCUT2D eigenvalue weighted by Crippen LogP contribution is 2.47. The van der Waals surface area contributed by atoms with Gasteiger partial charge in [0.1, 0.15) is 0 Å². The van der Waals surface area contributed by atoms with E-state index in [9.17, 15) is 19.2 Å². The molecule has 340 valence electrons. The van der Waals surface area contributed by atoms with Crippen LogP contribution in [0.1, 0.15) is 41.4 Å². The molecule has 14 heteroatoms. The summed E-state index contributed by atoms with van der Waals surface area (Å²) in [6, 6.07) is 52.9. The second kappa shape index (κ2) is 18.8. The highest BCUT2D eigenvalue weighted by molar-refractivity contribution is 9.15. The van der Waals surface area contributed by atoms with Gasteiger partial charge in [0.15, 0.2) is 0 Å². The third-order valence-corrected chi connectivity index (χ3v) is 22.0. The lowest BCUT2D eigenvalue weighted by Crippen LogP contribution is -1.97. The minimum absolute atomic E-state index is 0.238. The number of hydrogen-bond acceptors (Lipinski definition) is 6. The van der Waals surface area contributed by atoms with Crippen LogP contribution >= 0.6 is 127 Å². The maximum atomic E-state index is 11.4. The van der Waals surface area contributed by atoms with Crippen LogP contribution in [-0.2, 0) is 9.47 Å². The molecule has 70 heavy (non-hydrogen) atoms. The Hall–Kier alpha value is -4.64. The maximum Gasteiger partial charge on any atom is 0.348 e. The molecule has 0 aromatic heterocycles. The van der Waals surface area contributed by atoms with Gasteiger partial charge in [-0.2, -0.15) is 0 Å². The van der Waals surface area contributed by atoms with Crippen molar-refractivity contribution < 1.29 is 28.7 Å². The molecule has 0 saturated carbocycles.